The van der Waals surface area contributed by atoms with E-state index < -0.39 is 0 Å². The Labute approximate surface area is 122 Å². The van der Waals surface area contributed by atoms with Gasteiger partial charge in [0.15, 0.2) is 5.58 Å². The summed E-state index contributed by atoms with van der Waals surface area (Å²) in [5.74, 6) is 1.01. The predicted molar refractivity (Wildman–Crippen MR) is 78.5 cm³/mol. The first-order valence-corrected chi connectivity index (χ1v) is 6.71. The van der Waals surface area contributed by atoms with Crippen LogP contribution < -0.4 is 11.3 Å². The molecule has 20 heavy (non-hydrogen) atoms. The molecule has 0 aliphatic rings. The van der Waals surface area contributed by atoms with Crippen LogP contribution in [0.5, 0.6) is 0 Å². The number of oxazole rings is 1. The number of rotatable bonds is 2. The van der Waals surface area contributed by atoms with Crippen molar-refractivity contribution in [2.24, 2.45) is 0 Å². The molecule has 0 saturated carbocycles. The molecule has 0 saturated heterocycles. The van der Waals surface area contributed by atoms with Crippen molar-refractivity contribution in [3.05, 3.63) is 50.9 Å². The lowest BCUT2D eigenvalue weighted by Gasteiger charge is -2.06. The molecule has 2 N–H and O–H groups in total. The van der Waals surface area contributed by atoms with Gasteiger partial charge in [-0.15, -0.1) is 0 Å². The van der Waals surface area contributed by atoms with E-state index in [2.05, 4.69) is 25.9 Å². The minimum atomic E-state index is -0.173. The number of hydrogen-bond acceptors (Lipinski definition) is 5. The number of para-hydroxylation sites is 1. The van der Waals surface area contributed by atoms with E-state index in [4.69, 9.17) is 10.2 Å². The number of nitrogens with two attached hydrogens (primary N) is 1. The van der Waals surface area contributed by atoms with Gasteiger partial charge in [0.2, 0.25) is 5.89 Å². The smallest absolute Gasteiger partial charge is 0.268 e. The summed E-state index contributed by atoms with van der Waals surface area (Å²) in [7, 11) is 0. The standard InChI is InChI=1S/C13H11BrN4O2/c1-7-16-5-8(14)13(19)18(7)6-11-17-12-9(15)3-2-4-10(12)20-11/h2-5H,6,15H2,1H3. The summed E-state index contributed by atoms with van der Waals surface area (Å²) in [6.45, 7) is 1.97. The van der Waals surface area contributed by atoms with Crippen molar-refractivity contribution in [2.75, 3.05) is 5.73 Å². The molecule has 102 valence electrons. The Balaban J connectivity index is 2.08. The molecule has 0 radical (unpaired) electrons. The number of benzene rings is 1. The van der Waals surface area contributed by atoms with Gasteiger partial charge in [0.1, 0.15) is 22.4 Å². The van der Waals surface area contributed by atoms with Crippen molar-refractivity contribution in [1.29, 1.82) is 0 Å². The first kappa shape index (κ1) is 12.9. The van der Waals surface area contributed by atoms with Crippen LogP contribution in [0.1, 0.15) is 11.7 Å². The van der Waals surface area contributed by atoms with Crippen molar-refractivity contribution in [1.82, 2.24) is 14.5 Å². The fourth-order valence-electron chi connectivity index (χ4n) is 1.96. The van der Waals surface area contributed by atoms with Crippen molar-refractivity contribution >= 4 is 32.7 Å². The topological polar surface area (TPSA) is 86.9 Å². The molecule has 2 aromatic heterocycles. The maximum atomic E-state index is 12.1. The first-order chi connectivity index (χ1) is 9.56. The van der Waals surface area contributed by atoms with Gasteiger partial charge >= 0.3 is 0 Å². The number of aryl methyl sites for hydroxylation is 1. The zero-order chi connectivity index (χ0) is 14.3. The Hall–Kier alpha value is -2.15. The minimum Gasteiger partial charge on any atom is -0.439 e. The second-order valence-electron chi connectivity index (χ2n) is 4.35. The van der Waals surface area contributed by atoms with Crippen molar-refractivity contribution in [3.63, 3.8) is 0 Å². The molecular weight excluding hydrogens is 324 g/mol. The predicted octanol–water partition coefficient (Wildman–Crippen LogP) is 2.09. The SMILES string of the molecule is Cc1ncc(Br)c(=O)n1Cc1nc2c(N)cccc2o1. The van der Waals surface area contributed by atoms with E-state index in [0.29, 0.717) is 33.0 Å². The van der Waals surface area contributed by atoms with Crippen LogP contribution in [0.2, 0.25) is 0 Å². The molecule has 0 aliphatic heterocycles. The van der Waals surface area contributed by atoms with E-state index in [-0.39, 0.29) is 12.1 Å². The number of halogens is 1. The number of nitrogen functional groups attached to an aromatic ring is 1. The average molecular weight is 335 g/mol. The molecule has 2 heterocycles. The van der Waals surface area contributed by atoms with E-state index in [0.717, 1.165) is 0 Å². The van der Waals surface area contributed by atoms with Crippen LogP contribution in [-0.4, -0.2) is 14.5 Å². The Morgan fingerprint density at radius 1 is 1.45 bits per heavy atom. The van der Waals surface area contributed by atoms with Gasteiger partial charge in [-0.2, -0.15) is 0 Å². The Bertz CT molecular complexity index is 853. The Morgan fingerprint density at radius 3 is 3.00 bits per heavy atom. The molecule has 7 heteroatoms. The molecule has 0 fully saturated rings. The summed E-state index contributed by atoms with van der Waals surface area (Å²) in [5.41, 5.74) is 7.43. The average Bonchev–Trinajstić information content (AvgIpc) is 2.83. The molecule has 3 aromatic rings. The van der Waals surface area contributed by atoms with Crippen molar-refractivity contribution < 1.29 is 4.42 Å². The fraction of sp³-hybridized carbons (Fsp3) is 0.154. The molecule has 0 spiro atoms. The third kappa shape index (κ3) is 2.09. The molecule has 0 unspecified atom stereocenters. The maximum Gasteiger partial charge on any atom is 0.268 e. The number of anilines is 1. The van der Waals surface area contributed by atoms with E-state index in [1.165, 1.54) is 10.8 Å². The van der Waals surface area contributed by atoms with Gasteiger partial charge in [0.25, 0.3) is 5.56 Å². The highest BCUT2D eigenvalue weighted by Gasteiger charge is 2.12. The van der Waals surface area contributed by atoms with Gasteiger partial charge in [-0.1, -0.05) is 6.07 Å². The molecule has 0 bridgehead atoms. The van der Waals surface area contributed by atoms with Gasteiger partial charge in [0, 0.05) is 6.20 Å². The number of fused-ring (bicyclic) bond motifs is 1. The molecule has 0 aliphatic carbocycles. The summed E-state index contributed by atoms with van der Waals surface area (Å²) in [6.07, 6.45) is 1.48. The summed E-state index contributed by atoms with van der Waals surface area (Å²) in [4.78, 5) is 20.5. The normalized spacial score (nSPS) is 11.1. The summed E-state index contributed by atoms with van der Waals surface area (Å²) >= 11 is 3.17. The van der Waals surface area contributed by atoms with E-state index in [1.807, 2.05) is 0 Å². The van der Waals surface area contributed by atoms with Crippen LogP contribution in [0.4, 0.5) is 5.69 Å². The monoisotopic (exact) mass is 334 g/mol. The van der Waals surface area contributed by atoms with E-state index in [9.17, 15) is 4.79 Å². The highest BCUT2D eigenvalue weighted by atomic mass is 79.9. The van der Waals surface area contributed by atoms with E-state index >= 15 is 0 Å². The molecule has 6 nitrogen and oxygen atoms in total. The number of nitrogens with zero attached hydrogens (tertiary/aromatic N) is 3. The van der Waals surface area contributed by atoms with E-state index in [1.54, 1.807) is 25.1 Å². The molecule has 3 rings (SSSR count). The third-order valence-corrected chi connectivity index (χ3v) is 3.54. The van der Waals surface area contributed by atoms with Crippen LogP contribution in [0.3, 0.4) is 0 Å². The zero-order valence-electron chi connectivity index (χ0n) is 10.6. The van der Waals surface area contributed by atoms with Crippen LogP contribution in [-0.2, 0) is 6.54 Å². The number of aromatic nitrogens is 3. The highest BCUT2D eigenvalue weighted by Crippen LogP contribution is 2.21. The maximum absolute atomic E-state index is 12.1. The quantitative estimate of drug-likeness (QED) is 0.725. The van der Waals surface area contributed by atoms with Crippen LogP contribution in [0.25, 0.3) is 11.1 Å². The van der Waals surface area contributed by atoms with Gasteiger partial charge in [-0.3, -0.25) is 9.36 Å². The zero-order valence-corrected chi connectivity index (χ0v) is 12.2. The first-order valence-electron chi connectivity index (χ1n) is 5.92. The molecule has 0 amide bonds. The fourth-order valence-corrected chi connectivity index (χ4v) is 2.27. The van der Waals surface area contributed by atoms with Gasteiger partial charge in [0.05, 0.1) is 5.69 Å². The minimum absolute atomic E-state index is 0.173. The summed E-state index contributed by atoms with van der Waals surface area (Å²) < 4.78 is 7.50. The van der Waals surface area contributed by atoms with Gasteiger partial charge in [-0.25, -0.2) is 9.97 Å². The van der Waals surface area contributed by atoms with Gasteiger partial charge in [-0.05, 0) is 35.0 Å². The lowest BCUT2D eigenvalue weighted by Crippen LogP contribution is -2.24. The van der Waals surface area contributed by atoms with Crippen LogP contribution >= 0.6 is 15.9 Å². The van der Waals surface area contributed by atoms with Gasteiger partial charge < -0.3 is 10.2 Å². The van der Waals surface area contributed by atoms with Crippen molar-refractivity contribution in [3.8, 4) is 0 Å². The number of hydrogen-bond donors (Lipinski definition) is 1. The Kier molecular flexibility index (Phi) is 3.06. The third-order valence-electron chi connectivity index (χ3n) is 2.99. The second-order valence-corrected chi connectivity index (χ2v) is 5.20. The Morgan fingerprint density at radius 2 is 2.25 bits per heavy atom. The molecular formula is C13H11BrN4O2. The molecule has 0 atom stereocenters. The lowest BCUT2D eigenvalue weighted by atomic mass is 10.3. The van der Waals surface area contributed by atoms with Crippen LogP contribution in [0, 0.1) is 6.92 Å². The largest absolute Gasteiger partial charge is 0.439 e. The second kappa shape index (κ2) is 4.75. The summed E-state index contributed by atoms with van der Waals surface area (Å²) in [5, 5.41) is 0. The summed E-state index contributed by atoms with van der Waals surface area (Å²) in [6, 6.07) is 5.34. The van der Waals surface area contributed by atoms with Crippen LogP contribution in [0.15, 0.2) is 38.1 Å². The molecule has 1 aromatic carbocycles. The highest BCUT2D eigenvalue weighted by molar-refractivity contribution is 9.10. The lowest BCUT2D eigenvalue weighted by molar-refractivity contribution is 0.496. The van der Waals surface area contributed by atoms with Crippen molar-refractivity contribution in [2.45, 2.75) is 13.5 Å².